The van der Waals surface area contributed by atoms with E-state index in [0.717, 1.165) is 0 Å². The first-order valence-electron chi connectivity index (χ1n) is 6.35. The van der Waals surface area contributed by atoms with E-state index >= 15 is 0 Å². The predicted molar refractivity (Wildman–Crippen MR) is 81.7 cm³/mol. The second kappa shape index (κ2) is 6.44. The molecule has 0 aliphatic carbocycles. The third kappa shape index (κ3) is 3.74. The fourth-order valence-corrected chi connectivity index (χ4v) is 1.67. The highest BCUT2D eigenvalue weighted by Gasteiger charge is 2.11. The molecule has 0 radical (unpaired) electrons. The van der Waals surface area contributed by atoms with Crippen molar-refractivity contribution in [3.8, 4) is 6.07 Å². The molecule has 1 N–H and O–H groups in total. The SMILES string of the molecule is CN(C)c1ccc(/C=C(\C#N)C(=O)Nc2ccccc2)o1. The van der Waals surface area contributed by atoms with E-state index in [-0.39, 0.29) is 5.57 Å². The Morgan fingerprint density at radius 3 is 2.52 bits per heavy atom. The molecule has 5 heteroatoms. The number of para-hydroxylation sites is 1. The fourth-order valence-electron chi connectivity index (χ4n) is 1.67. The van der Waals surface area contributed by atoms with Crippen molar-refractivity contribution < 1.29 is 9.21 Å². The number of nitriles is 1. The maximum absolute atomic E-state index is 12.0. The Kier molecular flexibility index (Phi) is 4.42. The first-order chi connectivity index (χ1) is 10.1. The molecule has 0 fully saturated rings. The van der Waals surface area contributed by atoms with Crippen molar-refractivity contribution in [2.75, 3.05) is 24.3 Å². The van der Waals surface area contributed by atoms with Gasteiger partial charge in [-0.15, -0.1) is 0 Å². The average Bonchev–Trinajstić information content (AvgIpc) is 2.94. The van der Waals surface area contributed by atoms with Gasteiger partial charge in [0.1, 0.15) is 17.4 Å². The summed E-state index contributed by atoms with van der Waals surface area (Å²) in [7, 11) is 3.69. The normalized spacial score (nSPS) is 10.8. The van der Waals surface area contributed by atoms with Gasteiger partial charge in [0, 0.05) is 31.9 Å². The van der Waals surface area contributed by atoms with Crippen molar-refractivity contribution in [2.45, 2.75) is 0 Å². The Bertz CT molecular complexity index is 694. The summed E-state index contributed by atoms with van der Waals surface area (Å²) >= 11 is 0. The van der Waals surface area contributed by atoms with Gasteiger partial charge in [0.05, 0.1) is 0 Å². The molecule has 1 heterocycles. The first-order valence-corrected chi connectivity index (χ1v) is 6.35. The number of anilines is 2. The van der Waals surface area contributed by atoms with Crippen LogP contribution in [0.2, 0.25) is 0 Å². The summed E-state index contributed by atoms with van der Waals surface area (Å²) in [5, 5.41) is 11.8. The van der Waals surface area contributed by atoms with Gasteiger partial charge in [0.15, 0.2) is 5.88 Å². The molecular formula is C16H15N3O2. The number of furan rings is 1. The van der Waals surface area contributed by atoms with Crippen LogP contribution < -0.4 is 10.2 Å². The summed E-state index contributed by atoms with van der Waals surface area (Å²) in [4.78, 5) is 13.8. The Morgan fingerprint density at radius 1 is 1.24 bits per heavy atom. The molecule has 0 saturated heterocycles. The highest BCUT2D eigenvalue weighted by atomic mass is 16.4. The molecule has 0 bridgehead atoms. The summed E-state index contributed by atoms with van der Waals surface area (Å²) in [6.07, 6.45) is 1.42. The molecule has 0 unspecified atom stereocenters. The smallest absolute Gasteiger partial charge is 0.266 e. The summed E-state index contributed by atoms with van der Waals surface area (Å²) in [5.74, 6) is 0.645. The maximum atomic E-state index is 12.0. The molecular weight excluding hydrogens is 266 g/mol. The quantitative estimate of drug-likeness (QED) is 0.691. The van der Waals surface area contributed by atoms with Crippen LogP contribution in [0.25, 0.3) is 6.08 Å². The van der Waals surface area contributed by atoms with E-state index in [4.69, 9.17) is 9.68 Å². The minimum Gasteiger partial charge on any atom is -0.441 e. The van der Waals surface area contributed by atoms with E-state index < -0.39 is 5.91 Å². The summed E-state index contributed by atoms with van der Waals surface area (Å²) in [5.41, 5.74) is 0.621. The Labute approximate surface area is 123 Å². The Hall–Kier alpha value is -3.00. The van der Waals surface area contributed by atoms with Crippen LogP contribution in [-0.4, -0.2) is 20.0 Å². The van der Waals surface area contributed by atoms with Crippen molar-refractivity contribution >= 4 is 23.6 Å². The van der Waals surface area contributed by atoms with E-state index in [9.17, 15) is 4.79 Å². The number of hydrogen-bond acceptors (Lipinski definition) is 4. The fraction of sp³-hybridized carbons (Fsp3) is 0.125. The van der Waals surface area contributed by atoms with Gasteiger partial charge in [-0.3, -0.25) is 4.79 Å². The molecule has 21 heavy (non-hydrogen) atoms. The number of nitrogens with zero attached hydrogens (tertiary/aromatic N) is 2. The third-order valence-corrected chi connectivity index (χ3v) is 2.74. The van der Waals surface area contributed by atoms with E-state index in [0.29, 0.717) is 17.3 Å². The van der Waals surface area contributed by atoms with E-state index in [2.05, 4.69) is 5.32 Å². The second-order valence-electron chi connectivity index (χ2n) is 4.56. The number of benzene rings is 1. The number of nitrogens with one attached hydrogen (secondary N) is 1. The zero-order valence-electron chi connectivity index (χ0n) is 11.8. The van der Waals surface area contributed by atoms with Crippen molar-refractivity contribution in [1.82, 2.24) is 0 Å². The molecule has 0 aliphatic heterocycles. The maximum Gasteiger partial charge on any atom is 0.266 e. The molecule has 106 valence electrons. The molecule has 1 aromatic heterocycles. The van der Waals surface area contributed by atoms with Gasteiger partial charge in [-0.05, 0) is 18.2 Å². The van der Waals surface area contributed by atoms with Crippen LogP contribution in [0.3, 0.4) is 0 Å². The first kappa shape index (κ1) is 14.4. The monoisotopic (exact) mass is 281 g/mol. The third-order valence-electron chi connectivity index (χ3n) is 2.74. The number of rotatable bonds is 4. The van der Waals surface area contributed by atoms with Gasteiger partial charge in [-0.2, -0.15) is 5.26 Å². The largest absolute Gasteiger partial charge is 0.441 e. The molecule has 1 amide bonds. The van der Waals surface area contributed by atoms with Crippen LogP contribution in [0.1, 0.15) is 5.76 Å². The van der Waals surface area contributed by atoms with Gasteiger partial charge >= 0.3 is 0 Å². The molecule has 0 spiro atoms. The van der Waals surface area contributed by atoms with Crippen molar-refractivity contribution in [2.24, 2.45) is 0 Å². The lowest BCUT2D eigenvalue weighted by atomic mass is 10.2. The van der Waals surface area contributed by atoms with E-state index in [1.807, 2.05) is 26.2 Å². The van der Waals surface area contributed by atoms with Crippen molar-refractivity contribution in [3.63, 3.8) is 0 Å². The molecule has 5 nitrogen and oxygen atoms in total. The predicted octanol–water partition coefficient (Wildman–Crippen LogP) is 2.89. The van der Waals surface area contributed by atoms with Gasteiger partial charge < -0.3 is 14.6 Å². The van der Waals surface area contributed by atoms with E-state index in [1.165, 1.54) is 6.08 Å². The molecule has 2 aromatic rings. The number of carbonyl (C=O) groups excluding carboxylic acids is 1. The number of carbonyl (C=O) groups is 1. The molecule has 1 aromatic carbocycles. The number of hydrogen-bond donors (Lipinski definition) is 1. The highest BCUT2D eigenvalue weighted by Crippen LogP contribution is 2.18. The van der Waals surface area contributed by atoms with Gasteiger partial charge in [0.2, 0.25) is 0 Å². The van der Waals surface area contributed by atoms with Crippen molar-refractivity contribution in [3.05, 3.63) is 53.8 Å². The molecule has 0 atom stereocenters. The minimum atomic E-state index is -0.466. The lowest BCUT2D eigenvalue weighted by Crippen LogP contribution is -2.13. The zero-order valence-corrected chi connectivity index (χ0v) is 11.8. The summed E-state index contributed by atoms with van der Waals surface area (Å²) < 4.78 is 5.50. The number of amides is 1. The lowest BCUT2D eigenvalue weighted by Gasteiger charge is -2.06. The molecule has 2 rings (SSSR count). The van der Waals surface area contributed by atoms with Crippen LogP contribution in [0.15, 0.2) is 52.5 Å². The lowest BCUT2D eigenvalue weighted by molar-refractivity contribution is -0.112. The van der Waals surface area contributed by atoms with Gasteiger partial charge in [0.25, 0.3) is 5.91 Å². The van der Waals surface area contributed by atoms with E-state index in [1.54, 1.807) is 41.3 Å². The zero-order chi connectivity index (χ0) is 15.2. The second-order valence-corrected chi connectivity index (χ2v) is 4.56. The summed E-state index contributed by atoms with van der Waals surface area (Å²) in [6.45, 7) is 0. The van der Waals surface area contributed by atoms with Crippen LogP contribution >= 0.6 is 0 Å². The Balaban J connectivity index is 2.16. The molecule has 0 saturated carbocycles. The standard InChI is InChI=1S/C16H15N3O2/c1-19(2)15-9-8-14(21-15)10-12(11-17)16(20)18-13-6-4-3-5-7-13/h3-10H,1-2H3,(H,18,20)/b12-10+. The van der Waals surface area contributed by atoms with Gasteiger partial charge in [-0.1, -0.05) is 18.2 Å². The summed E-state index contributed by atoms with van der Waals surface area (Å²) in [6, 6.07) is 14.3. The van der Waals surface area contributed by atoms with Gasteiger partial charge in [-0.25, -0.2) is 0 Å². The highest BCUT2D eigenvalue weighted by molar-refractivity contribution is 6.09. The van der Waals surface area contributed by atoms with Crippen LogP contribution in [0.4, 0.5) is 11.6 Å². The van der Waals surface area contributed by atoms with Crippen LogP contribution in [0, 0.1) is 11.3 Å². The van der Waals surface area contributed by atoms with Crippen LogP contribution in [0.5, 0.6) is 0 Å². The average molecular weight is 281 g/mol. The molecule has 0 aliphatic rings. The van der Waals surface area contributed by atoms with Crippen LogP contribution in [-0.2, 0) is 4.79 Å². The van der Waals surface area contributed by atoms with Crippen molar-refractivity contribution in [1.29, 1.82) is 5.26 Å². The topological polar surface area (TPSA) is 69.3 Å². The Morgan fingerprint density at radius 2 is 1.95 bits per heavy atom. The minimum absolute atomic E-state index is 0.0153.